The van der Waals surface area contributed by atoms with Crippen LogP contribution >= 0.6 is 0 Å². The summed E-state index contributed by atoms with van der Waals surface area (Å²) in [6.45, 7) is 1.23. The zero-order valence-corrected chi connectivity index (χ0v) is 21.6. The summed E-state index contributed by atoms with van der Waals surface area (Å²) in [6.07, 6.45) is 1.32. The van der Waals surface area contributed by atoms with Gasteiger partial charge in [-0.1, -0.05) is 0 Å². The van der Waals surface area contributed by atoms with Crippen LogP contribution in [0.25, 0.3) is 0 Å². The molecule has 0 bridgehead atoms. The number of hydrogen-bond donors (Lipinski definition) is 2. The van der Waals surface area contributed by atoms with Crippen molar-refractivity contribution in [3.63, 3.8) is 0 Å². The van der Waals surface area contributed by atoms with E-state index in [1.165, 1.54) is 70.9 Å². The maximum absolute atomic E-state index is 12.8. The maximum atomic E-state index is 12.8. The molecule has 0 aliphatic rings. The number of esters is 1. The molecule has 0 amide bonds. The number of methoxy groups -OCH3 is 3. The lowest BCUT2D eigenvalue weighted by molar-refractivity contribution is -0.384. The fraction of sp³-hybridized carbons (Fsp3) is 0.167. The van der Waals surface area contributed by atoms with Crippen LogP contribution in [0.2, 0.25) is 0 Å². The van der Waals surface area contributed by atoms with Crippen molar-refractivity contribution in [2.24, 2.45) is 5.10 Å². The summed E-state index contributed by atoms with van der Waals surface area (Å²) in [5, 5.41) is 15.7. The predicted molar refractivity (Wildman–Crippen MR) is 139 cm³/mol. The number of nitro benzene ring substituents is 1. The van der Waals surface area contributed by atoms with E-state index in [2.05, 4.69) is 15.2 Å². The summed E-state index contributed by atoms with van der Waals surface area (Å²) in [7, 11) is 0.113. The molecule has 0 atom stereocenters. The molecule has 2 N–H and O–H groups in total. The Hall–Kier alpha value is -4.85. The highest BCUT2D eigenvalue weighted by Gasteiger charge is 2.22. The highest BCUT2D eigenvalue weighted by molar-refractivity contribution is 7.92. The van der Waals surface area contributed by atoms with Crippen LogP contribution in [-0.2, 0) is 14.8 Å². The first-order valence-electron chi connectivity index (χ1n) is 10.8. The lowest BCUT2D eigenvalue weighted by Crippen LogP contribution is -2.13. The maximum Gasteiger partial charge on any atom is 0.308 e. The number of rotatable bonds is 11. The Morgan fingerprint density at radius 3 is 2.13 bits per heavy atom. The standard InChI is InChI=1S/C24H24N4O9S/c1-15(29)37-24-22(35-3)11-16(12-23(24)36-4)14-25-26-20-10-9-19(13-21(20)28(30)31)38(32,33)27-17-5-7-18(34-2)8-6-17/h5-14,26-27H,1-4H3. The van der Waals surface area contributed by atoms with Gasteiger partial charge >= 0.3 is 5.97 Å². The smallest absolute Gasteiger partial charge is 0.308 e. The first kappa shape index (κ1) is 27.7. The SMILES string of the molecule is COc1ccc(NS(=O)(=O)c2ccc(NN=Cc3cc(OC)c(OC(C)=O)c(OC)c3)c([N+](=O)[O-])c2)cc1. The highest BCUT2D eigenvalue weighted by atomic mass is 32.2. The van der Waals surface area contributed by atoms with E-state index in [0.29, 0.717) is 11.3 Å². The summed E-state index contributed by atoms with van der Waals surface area (Å²) < 4.78 is 48.6. The molecule has 0 aromatic heterocycles. The molecule has 3 aromatic rings. The van der Waals surface area contributed by atoms with Crippen LogP contribution in [0.3, 0.4) is 0 Å². The quantitative estimate of drug-likeness (QED) is 0.119. The molecule has 13 nitrogen and oxygen atoms in total. The van der Waals surface area contributed by atoms with Crippen molar-refractivity contribution in [1.29, 1.82) is 0 Å². The van der Waals surface area contributed by atoms with Gasteiger partial charge in [-0.2, -0.15) is 5.10 Å². The van der Waals surface area contributed by atoms with E-state index in [0.717, 1.165) is 6.07 Å². The van der Waals surface area contributed by atoms with Gasteiger partial charge < -0.3 is 18.9 Å². The molecule has 3 aromatic carbocycles. The van der Waals surface area contributed by atoms with E-state index in [4.69, 9.17) is 18.9 Å². The van der Waals surface area contributed by atoms with Crippen molar-refractivity contribution >= 4 is 39.3 Å². The second kappa shape index (κ2) is 11.9. The Kier molecular flexibility index (Phi) is 8.70. The van der Waals surface area contributed by atoms with Crippen LogP contribution < -0.4 is 29.1 Å². The molecular weight excluding hydrogens is 520 g/mol. The number of hydrogen-bond acceptors (Lipinski definition) is 11. The zero-order chi connectivity index (χ0) is 27.9. The first-order chi connectivity index (χ1) is 18.1. The Morgan fingerprint density at radius 2 is 1.61 bits per heavy atom. The molecule has 0 aliphatic carbocycles. The van der Waals surface area contributed by atoms with Crippen LogP contribution in [-0.4, -0.2) is 46.9 Å². The van der Waals surface area contributed by atoms with Gasteiger partial charge in [0, 0.05) is 24.2 Å². The van der Waals surface area contributed by atoms with Crippen LogP contribution in [0.15, 0.2) is 64.6 Å². The minimum Gasteiger partial charge on any atom is -0.497 e. The van der Waals surface area contributed by atoms with Gasteiger partial charge in [0.25, 0.3) is 15.7 Å². The van der Waals surface area contributed by atoms with E-state index >= 15 is 0 Å². The normalized spacial score (nSPS) is 11.1. The summed E-state index contributed by atoms with van der Waals surface area (Å²) in [5.41, 5.74) is 2.68. The molecule has 0 saturated carbocycles. The summed E-state index contributed by atoms with van der Waals surface area (Å²) in [6, 6.07) is 12.5. The monoisotopic (exact) mass is 544 g/mol. The Morgan fingerprint density at radius 1 is 0.974 bits per heavy atom. The third kappa shape index (κ3) is 6.67. The molecule has 0 radical (unpaired) electrons. The second-order valence-electron chi connectivity index (χ2n) is 7.49. The molecule has 38 heavy (non-hydrogen) atoms. The molecule has 14 heteroatoms. The van der Waals surface area contributed by atoms with Gasteiger partial charge in [0.1, 0.15) is 11.4 Å². The van der Waals surface area contributed by atoms with E-state index < -0.39 is 26.6 Å². The van der Waals surface area contributed by atoms with Crippen molar-refractivity contribution in [2.75, 3.05) is 31.5 Å². The van der Waals surface area contributed by atoms with Gasteiger partial charge in [-0.3, -0.25) is 25.1 Å². The molecule has 0 heterocycles. The highest BCUT2D eigenvalue weighted by Crippen LogP contribution is 2.38. The fourth-order valence-electron chi connectivity index (χ4n) is 3.19. The van der Waals surface area contributed by atoms with E-state index in [1.54, 1.807) is 12.1 Å². The van der Waals surface area contributed by atoms with Gasteiger partial charge in [0.15, 0.2) is 11.5 Å². The van der Waals surface area contributed by atoms with E-state index in [-0.39, 0.29) is 33.5 Å². The summed E-state index contributed by atoms with van der Waals surface area (Å²) in [5.74, 6) is 0.457. The van der Waals surface area contributed by atoms with Gasteiger partial charge in [-0.15, -0.1) is 0 Å². The number of hydrazone groups is 1. The number of sulfonamides is 1. The van der Waals surface area contributed by atoms with Gasteiger partial charge in [0.2, 0.25) is 5.75 Å². The number of anilines is 2. The fourth-order valence-corrected chi connectivity index (χ4v) is 4.27. The van der Waals surface area contributed by atoms with Crippen molar-refractivity contribution in [1.82, 2.24) is 0 Å². The third-order valence-corrected chi connectivity index (χ3v) is 6.32. The number of nitro groups is 1. The van der Waals surface area contributed by atoms with E-state index in [9.17, 15) is 23.3 Å². The minimum atomic E-state index is -4.12. The second-order valence-corrected chi connectivity index (χ2v) is 9.17. The number of nitrogens with one attached hydrogen (secondary N) is 2. The van der Waals surface area contributed by atoms with Crippen molar-refractivity contribution < 1.29 is 37.1 Å². The summed E-state index contributed by atoms with van der Waals surface area (Å²) >= 11 is 0. The molecule has 0 fully saturated rings. The van der Waals surface area contributed by atoms with Gasteiger partial charge in [-0.25, -0.2) is 8.42 Å². The van der Waals surface area contributed by atoms with Crippen LogP contribution in [0, 0.1) is 10.1 Å². The molecule has 3 rings (SSSR count). The number of carbonyl (C=O) groups excluding carboxylic acids is 1. The van der Waals surface area contributed by atoms with Crippen LogP contribution in [0.4, 0.5) is 17.1 Å². The van der Waals surface area contributed by atoms with Crippen molar-refractivity contribution in [3.05, 3.63) is 70.3 Å². The molecule has 0 aliphatic heterocycles. The van der Waals surface area contributed by atoms with E-state index in [1.807, 2.05) is 0 Å². The number of nitrogens with zero attached hydrogens (tertiary/aromatic N) is 2. The summed E-state index contributed by atoms with van der Waals surface area (Å²) in [4.78, 5) is 22.0. The number of carbonyl (C=O) groups is 1. The lowest BCUT2D eigenvalue weighted by atomic mass is 10.2. The van der Waals surface area contributed by atoms with Crippen molar-refractivity contribution in [2.45, 2.75) is 11.8 Å². The van der Waals surface area contributed by atoms with Crippen LogP contribution in [0.5, 0.6) is 23.0 Å². The average molecular weight is 545 g/mol. The lowest BCUT2D eigenvalue weighted by Gasteiger charge is -2.13. The Balaban J connectivity index is 1.84. The molecule has 0 saturated heterocycles. The van der Waals surface area contributed by atoms with Gasteiger partial charge in [0.05, 0.1) is 37.4 Å². The molecule has 0 spiro atoms. The Bertz CT molecular complexity index is 1450. The minimum absolute atomic E-state index is 0.0508. The largest absolute Gasteiger partial charge is 0.497 e. The third-order valence-electron chi connectivity index (χ3n) is 4.95. The number of benzene rings is 3. The molecular formula is C24H24N4O9S. The van der Waals surface area contributed by atoms with Crippen LogP contribution in [0.1, 0.15) is 12.5 Å². The molecule has 0 unspecified atom stereocenters. The zero-order valence-electron chi connectivity index (χ0n) is 20.8. The van der Waals surface area contributed by atoms with Crippen molar-refractivity contribution in [3.8, 4) is 23.0 Å². The predicted octanol–water partition coefficient (Wildman–Crippen LogP) is 3.79. The molecule has 200 valence electrons. The topological polar surface area (TPSA) is 168 Å². The number of ether oxygens (including phenoxy) is 4. The first-order valence-corrected chi connectivity index (χ1v) is 12.2. The average Bonchev–Trinajstić information content (AvgIpc) is 2.89. The van der Waals surface area contributed by atoms with Gasteiger partial charge in [-0.05, 0) is 48.5 Å². The Labute approximate surface area is 218 Å².